The first-order chi connectivity index (χ1) is 9.65. The van der Waals surface area contributed by atoms with Gasteiger partial charge in [0.05, 0.1) is 12.1 Å². The standard InChI is InChI=1S/C15H21N3O2/c1-3-20-12-6-4-5-11-13(12)17-14(16)18(11)15(2)7-9-19-10-8-15/h4-6H,3,7-10H2,1-2H3,(H2,16,17). The Hall–Kier alpha value is -1.75. The second-order valence-electron chi connectivity index (χ2n) is 5.47. The molecule has 5 nitrogen and oxygen atoms in total. The predicted octanol–water partition coefficient (Wildman–Crippen LogP) is 2.54. The van der Waals surface area contributed by atoms with E-state index in [1.807, 2.05) is 19.1 Å². The van der Waals surface area contributed by atoms with Crippen molar-refractivity contribution in [1.29, 1.82) is 0 Å². The molecule has 2 heterocycles. The summed E-state index contributed by atoms with van der Waals surface area (Å²) in [4.78, 5) is 4.53. The summed E-state index contributed by atoms with van der Waals surface area (Å²) in [7, 11) is 0. The Bertz CT molecular complexity index is 615. The topological polar surface area (TPSA) is 62.3 Å². The van der Waals surface area contributed by atoms with Gasteiger partial charge in [0.25, 0.3) is 0 Å². The molecule has 1 aliphatic heterocycles. The average molecular weight is 275 g/mol. The maximum absolute atomic E-state index is 6.19. The summed E-state index contributed by atoms with van der Waals surface area (Å²) < 4.78 is 13.3. The molecule has 2 aromatic rings. The number of nitrogens with two attached hydrogens (primary N) is 1. The van der Waals surface area contributed by atoms with Crippen LogP contribution in [-0.2, 0) is 10.3 Å². The van der Waals surface area contributed by atoms with Gasteiger partial charge in [0, 0.05) is 18.8 Å². The molecule has 1 aromatic heterocycles. The summed E-state index contributed by atoms with van der Waals surface area (Å²) >= 11 is 0. The van der Waals surface area contributed by atoms with Gasteiger partial charge in [-0.1, -0.05) is 6.07 Å². The number of nitrogen functional groups attached to an aromatic ring is 1. The highest BCUT2D eigenvalue weighted by Gasteiger charge is 2.32. The number of benzene rings is 1. The molecule has 0 saturated carbocycles. The van der Waals surface area contributed by atoms with E-state index in [0.717, 1.165) is 42.8 Å². The second-order valence-corrected chi connectivity index (χ2v) is 5.47. The van der Waals surface area contributed by atoms with Gasteiger partial charge in [-0.25, -0.2) is 4.98 Å². The van der Waals surface area contributed by atoms with Crippen molar-refractivity contribution >= 4 is 17.0 Å². The number of anilines is 1. The highest BCUT2D eigenvalue weighted by Crippen LogP contribution is 2.36. The van der Waals surface area contributed by atoms with Crippen LogP contribution in [0.25, 0.3) is 11.0 Å². The third-order valence-electron chi connectivity index (χ3n) is 4.08. The van der Waals surface area contributed by atoms with Crippen LogP contribution in [0.2, 0.25) is 0 Å². The predicted molar refractivity (Wildman–Crippen MR) is 79.0 cm³/mol. The molecular weight excluding hydrogens is 254 g/mol. The Balaban J connectivity index is 2.16. The van der Waals surface area contributed by atoms with Crippen molar-refractivity contribution in [2.24, 2.45) is 0 Å². The number of hydrogen-bond donors (Lipinski definition) is 1. The first-order valence-electron chi connectivity index (χ1n) is 7.14. The number of ether oxygens (including phenoxy) is 2. The third kappa shape index (κ3) is 2.02. The molecule has 0 spiro atoms. The zero-order valence-corrected chi connectivity index (χ0v) is 12.1. The number of aromatic nitrogens is 2. The van der Waals surface area contributed by atoms with Gasteiger partial charge in [0.2, 0.25) is 5.95 Å². The Morgan fingerprint density at radius 3 is 2.85 bits per heavy atom. The molecule has 5 heteroatoms. The number of rotatable bonds is 3. The van der Waals surface area contributed by atoms with Gasteiger partial charge in [0.1, 0.15) is 11.3 Å². The molecule has 0 unspecified atom stereocenters. The highest BCUT2D eigenvalue weighted by atomic mass is 16.5. The summed E-state index contributed by atoms with van der Waals surface area (Å²) in [5.74, 6) is 1.35. The molecule has 20 heavy (non-hydrogen) atoms. The van der Waals surface area contributed by atoms with Crippen LogP contribution in [0.5, 0.6) is 5.75 Å². The molecular formula is C15H21N3O2. The van der Waals surface area contributed by atoms with E-state index in [-0.39, 0.29) is 5.54 Å². The van der Waals surface area contributed by atoms with E-state index in [2.05, 4.69) is 22.5 Å². The van der Waals surface area contributed by atoms with Gasteiger partial charge in [-0.15, -0.1) is 0 Å². The van der Waals surface area contributed by atoms with E-state index in [1.54, 1.807) is 0 Å². The van der Waals surface area contributed by atoms with Crippen LogP contribution in [0.1, 0.15) is 26.7 Å². The first-order valence-corrected chi connectivity index (χ1v) is 7.14. The van der Waals surface area contributed by atoms with Gasteiger partial charge >= 0.3 is 0 Å². The maximum Gasteiger partial charge on any atom is 0.201 e. The minimum atomic E-state index is -0.0398. The van der Waals surface area contributed by atoms with Crippen molar-refractivity contribution in [3.8, 4) is 5.75 Å². The zero-order chi connectivity index (χ0) is 14.2. The molecule has 1 fully saturated rings. The number of fused-ring (bicyclic) bond motifs is 1. The van der Waals surface area contributed by atoms with Crippen molar-refractivity contribution < 1.29 is 9.47 Å². The van der Waals surface area contributed by atoms with E-state index in [9.17, 15) is 0 Å². The zero-order valence-electron chi connectivity index (χ0n) is 12.1. The van der Waals surface area contributed by atoms with Gasteiger partial charge in [-0.05, 0) is 38.8 Å². The lowest BCUT2D eigenvalue weighted by Gasteiger charge is -2.36. The van der Waals surface area contributed by atoms with Gasteiger partial charge in [0.15, 0.2) is 0 Å². The highest BCUT2D eigenvalue weighted by molar-refractivity contribution is 5.84. The summed E-state index contributed by atoms with van der Waals surface area (Å²) in [5, 5.41) is 0. The number of para-hydroxylation sites is 1. The number of hydrogen-bond acceptors (Lipinski definition) is 4. The van der Waals surface area contributed by atoms with E-state index < -0.39 is 0 Å². The number of nitrogens with zero attached hydrogens (tertiary/aromatic N) is 2. The van der Waals surface area contributed by atoms with Crippen molar-refractivity contribution in [1.82, 2.24) is 9.55 Å². The fraction of sp³-hybridized carbons (Fsp3) is 0.533. The summed E-state index contributed by atoms with van der Waals surface area (Å²) in [6.45, 7) is 6.35. The summed E-state index contributed by atoms with van der Waals surface area (Å²) in [5.41, 5.74) is 8.04. The molecule has 0 aliphatic carbocycles. The van der Waals surface area contributed by atoms with Crippen LogP contribution >= 0.6 is 0 Å². The van der Waals surface area contributed by atoms with Crippen LogP contribution in [0.3, 0.4) is 0 Å². The Morgan fingerprint density at radius 2 is 2.15 bits per heavy atom. The van der Waals surface area contributed by atoms with E-state index >= 15 is 0 Å². The Kier molecular flexibility index (Phi) is 3.30. The van der Waals surface area contributed by atoms with Gasteiger partial charge < -0.3 is 19.8 Å². The van der Waals surface area contributed by atoms with Crippen LogP contribution in [-0.4, -0.2) is 29.4 Å². The quantitative estimate of drug-likeness (QED) is 0.935. The molecule has 1 aromatic carbocycles. The first kappa shape index (κ1) is 13.2. The Morgan fingerprint density at radius 1 is 1.40 bits per heavy atom. The molecule has 3 rings (SSSR count). The van der Waals surface area contributed by atoms with Gasteiger partial charge in [-0.3, -0.25) is 0 Å². The molecule has 1 aliphatic rings. The summed E-state index contributed by atoms with van der Waals surface area (Å²) in [6, 6.07) is 5.99. The third-order valence-corrected chi connectivity index (χ3v) is 4.08. The largest absolute Gasteiger partial charge is 0.492 e. The van der Waals surface area contributed by atoms with Crippen molar-refractivity contribution in [2.75, 3.05) is 25.6 Å². The maximum atomic E-state index is 6.19. The fourth-order valence-electron chi connectivity index (χ4n) is 2.97. The van der Waals surface area contributed by atoms with Crippen molar-refractivity contribution in [2.45, 2.75) is 32.2 Å². The van der Waals surface area contributed by atoms with Crippen molar-refractivity contribution in [3.05, 3.63) is 18.2 Å². The van der Waals surface area contributed by atoms with Crippen LogP contribution in [0.15, 0.2) is 18.2 Å². The summed E-state index contributed by atoms with van der Waals surface area (Å²) in [6.07, 6.45) is 1.89. The monoisotopic (exact) mass is 275 g/mol. The van der Waals surface area contributed by atoms with E-state index in [4.69, 9.17) is 15.2 Å². The van der Waals surface area contributed by atoms with E-state index in [0.29, 0.717) is 12.6 Å². The molecule has 2 N–H and O–H groups in total. The number of imidazole rings is 1. The Labute approximate surface area is 118 Å². The molecule has 0 bridgehead atoms. The van der Waals surface area contributed by atoms with Crippen LogP contribution < -0.4 is 10.5 Å². The molecule has 1 saturated heterocycles. The SMILES string of the molecule is CCOc1cccc2c1nc(N)n2C1(C)CCOCC1. The molecule has 108 valence electrons. The van der Waals surface area contributed by atoms with E-state index in [1.165, 1.54) is 0 Å². The van der Waals surface area contributed by atoms with Gasteiger partial charge in [-0.2, -0.15) is 0 Å². The van der Waals surface area contributed by atoms with Crippen LogP contribution in [0, 0.1) is 0 Å². The normalized spacial score (nSPS) is 18.3. The lowest BCUT2D eigenvalue weighted by atomic mass is 9.92. The minimum Gasteiger partial charge on any atom is -0.492 e. The lowest BCUT2D eigenvalue weighted by Crippen LogP contribution is -2.37. The van der Waals surface area contributed by atoms with Crippen molar-refractivity contribution in [3.63, 3.8) is 0 Å². The molecule has 0 radical (unpaired) electrons. The fourth-order valence-corrected chi connectivity index (χ4v) is 2.97. The second kappa shape index (κ2) is 4.98. The molecule has 0 atom stereocenters. The van der Waals surface area contributed by atoms with Crippen LogP contribution in [0.4, 0.5) is 5.95 Å². The smallest absolute Gasteiger partial charge is 0.201 e. The molecule has 0 amide bonds. The lowest BCUT2D eigenvalue weighted by molar-refractivity contribution is 0.0320. The average Bonchev–Trinajstić information content (AvgIpc) is 2.78. The minimum absolute atomic E-state index is 0.0398.